The number of hydrogen-bond donors (Lipinski definition) is 2. The lowest BCUT2D eigenvalue weighted by Crippen LogP contribution is -2.29. The van der Waals surface area contributed by atoms with E-state index in [9.17, 15) is 15.0 Å². The number of aromatic carboxylic acids is 1. The van der Waals surface area contributed by atoms with Gasteiger partial charge in [0.1, 0.15) is 17.6 Å². The van der Waals surface area contributed by atoms with E-state index in [2.05, 4.69) is 5.10 Å². The molecule has 0 bridgehead atoms. The topological polar surface area (TPSA) is 103 Å². The molecule has 2 aromatic heterocycles. The zero-order chi connectivity index (χ0) is 25.4. The molecule has 2 heterocycles. The minimum atomic E-state index is -1.00. The highest BCUT2D eigenvalue weighted by atomic mass is 16.5. The van der Waals surface area contributed by atoms with Crippen molar-refractivity contribution in [3.05, 3.63) is 58.4 Å². The molecule has 5 rings (SSSR count). The zero-order valence-electron chi connectivity index (χ0n) is 21.1. The number of aliphatic hydroxyl groups is 1. The summed E-state index contributed by atoms with van der Waals surface area (Å²) in [6.07, 6.45) is 5.23. The van der Waals surface area contributed by atoms with Gasteiger partial charge in [-0.25, -0.2) is 9.31 Å². The molecule has 2 aliphatic carbocycles. The van der Waals surface area contributed by atoms with Crippen LogP contribution in [0, 0.1) is 6.92 Å². The normalized spacial score (nSPS) is 17.9. The van der Waals surface area contributed by atoms with Crippen molar-refractivity contribution >= 4 is 11.5 Å². The molecular formula is C28H34N2O6. The molecule has 0 amide bonds. The number of aromatic nitrogens is 2. The number of methoxy groups -OCH3 is 2. The minimum absolute atomic E-state index is 0.0759. The van der Waals surface area contributed by atoms with Gasteiger partial charge in [0, 0.05) is 12.0 Å². The minimum Gasteiger partial charge on any atom is -0.496 e. The molecule has 8 heteroatoms. The molecule has 2 saturated carbocycles. The van der Waals surface area contributed by atoms with Gasteiger partial charge in [0.2, 0.25) is 0 Å². The first-order chi connectivity index (χ1) is 17.4. The predicted molar refractivity (Wildman–Crippen MR) is 134 cm³/mol. The third-order valence-corrected chi connectivity index (χ3v) is 7.45. The van der Waals surface area contributed by atoms with Crippen molar-refractivity contribution in [1.82, 2.24) is 9.61 Å². The fourth-order valence-electron chi connectivity index (χ4n) is 5.28. The Kier molecular flexibility index (Phi) is 6.90. The number of nitrogens with zero attached hydrogens (tertiary/aromatic N) is 2. The van der Waals surface area contributed by atoms with Gasteiger partial charge in [-0.2, -0.15) is 5.10 Å². The number of carboxylic acids is 1. The van der Waals surface area contributed by atoms with Crippen LogP contribution in [0.2, 0.25) is 0 Å². The summed E-state index contributed by atoms with van der Waals surface area (Å²) in [5, 5.41) is 25.9. The van der Waals surface area contributed by atoms with Crippen LogP contribution in [0.25, 0.3) is 5.52 Å². The molecule has 2 unspecified atom stereocenters. The highest BCUT2D eigenvalue weighted by Crippen LogP contribution is 2.41. The number of carbonyl (C=O) groups is 1. The fourth-order valence-corrected chi connectivity index (χ4v) is 5.28. The Labute approximate surface area is 210 Å². The molecule has 2 N–H and O–H groups in total. The second-order valence-electron chi connectivity index (χ2n) is 10.0. The van der Waals surface area contributed by atoms with Gasteiger partial charge in [0.05, 0.1) is 37.6 Å². The number of carboxylic acid groups (broad SMARTS) is 1. The number of rotatable bonds is 10. The highest BCUT2D eigenvalue weighted by Gasteiger charge is 2.30. The van der Waals surface area contributed by atoms with Gasteiger partial charge < -0.3 is 24.4 Å². The monoisotopic (exact) mass is 494 g/mol. The van der Waals surface area contributed by atoms with Crippen LogP contribution in [0.15, 0.2) is 30.3 Å². The van der Waals surface area contributed by atoms with Crippen LogP contribution in [0.4, 0.5) is 0 Å². The first-order valence-corrected chi connectivity index (χ1v) is 12.7. The molecule has 0 spiro atoms. The maximum Gasteiger partial charge on any atom is 0.354 e. The van der Waals surface area contributed by atoms with Crippen molar-refractivity contribution in [2.24, 2.45) is 0 Å². The standard InChI is InChI=1S/C28H34N2O6/c1-16-24(34-2)12-19(13-25(16)35-3)27(31)26(36-22-6-4-5-7-22)15-20-14-21-10-18(17-8-9-17)11-23(28(32)33)30(21)29-20/h10-14,17,22,26-27,31H,4-9,15H2,1-3H3,(H,32,33). The Bertz CT molecular complexity index is 1230. The Morgan fingerprint density at radius 2 is 1.72 bits per heavy atom. The molecule has 36 heavy (non-hydrogen) atoms. The fraction of sp³-hybridized carbons (Fsp3) is 0.500. The highest BCUT2D eigenvalue weighted by molar-refractivity contribution is 5.87. The van der Waals surface area contributed by atoms with E-state index in [0.29, 0.717) is 35.1 Å². The number of pyridine rings is 1. The van der Waals surface area contributed by atoms with E-state index >= 15 is 0 Å². The molecule has 2 aliphatic rings. The van der Waals surface area contributed by atoms with Crippen molar-refractivity contribution in [2.75, 3.05) is 14.2 Å². The summed E-state index contributed by atoms with van der Waals surface area (Å²) >= 11 is 0. The number of aliphatic hydroxyl groups excluding tert-OH is 1. The van der Waals surface area contributed by atoms with Crippen molar-refractivity contribution in [2.45, 2.75) is 76.1 Å². The second kappa shape index (κ2) is 10.1. The van der Waals surface area contributed by atoms with Gasteiger partial charge >= 0.3 is 5.97 Å². The molecule has 1 aromatic carbocycles. The Balaban J connectivity index is 1.49. The maximum absolute atomic E-state index is 12.0. The van der Waals surface area contributed by atoms with Gasteiger partial charge in [-0.15, -0.1) is 0 Å². The number of ether oxygens (including phenoxy) is 3. The quantitative estimate of drug-likeness (QED) is 0.416. The summed E-state index contributed by atoms with van der Waals surface area (Å²) in [6, 6.07) is 9.31. The lowest BCUT2D eigenvalue weighted by atomic mass is 9.98. The van der Waals surface area contributed by atoms with E-state index < -0.39 is 18.2 Å². The molecule has 2 atom stereocenters. The van der Waals surface area contributed by atoms with Crippen molar-refractivity contribution < 1.29 is 29.2 Å². The third-order valence-electron chi connectivity index (χ3n) is 7.45. The molecular weight excluding hydrogens is 460 g/mol. The Morgan fingerprint density at radius 3 is 2.31 bits per heavy atom. The van der Waals surface area contributed by atoms with Crippen molar-refractivity contribution in [3.8, 4) is 11.5 Å². The van der Waals surface area contributed by atoms with Crippen LogP contribution in [-0.4, -0.2) is 52.2 Å². The average molecular weight is 495 g/mol. The molecule has 0 saturated heterocycles. The summed E-state index contributed by atoms with van der Waals surface area (Å²) in [4.78, 5) is 12.0. The lowest BCUT2D eigenvalue weighted by Gasteiger charge is -2.27. The van der Waals surface area contributed by atoms with Crippen LogP contribution >= 0.6 is 0 Å². The van der Waals surface area contributed by atoms with Crippen molar-refractivity contribution in [1.29, 1.82) is 0 Å². The summed E-state index contributed by atoms with van der Waals surface area (Å²) < 4.78 is 19.0. The Morgan fingerprint density at radius 1 is 1.06 bits per heavy atom. The molecule has 8 nitrogen and oxygen atoms in total. The summed E-state index contributed by atoms with van der Waals surface area (Å²) in [5.41, 5.74) is 4.13. The van der Waals surface area contributed by atoms with Crippen molar-refractivity contribution in [3.63, 3.8) is 0 Å². The van der Waals surface area contributed by atoms with E-state index in [1.54, 1.807) is 20.3 Å². The van der Waals surface area contributed by atoms with Gasteiger partial charge in [0.25, 0.3) is 0 Å². The van der Waals surface area contributed by atoms with E-state index in [0.717, 1.165) is 55.2 Å². The maximum atomic E-state index is 12.0. The van der Waals surface area contributed by atoms with Crippen LogP contribution in [0.1, 0.15) is 83.4 Å². The van der Waals surface area contributed by atoms with Gasteiger partial charge in [-0.1, -0.05) is 12.8 Å². The van der Waals surface area contributed by atoms with Gasteiger partial charge in [-0.05, 0) is 80.0 Å². The first-order valence-electron chi connectivity index (χ1n) is 12.7. The van der Waals surface area contributed by atoms with Crippen LogP contribution in [-0.2, 0) is 11.2 Å². The van der Waals surface area contributed by atoms with Gasteiger partial charge in [0.15, 0.2) is 5.69 Å². The largest absolute Gasteiger partial charge is 0.496 e. The average Bonchev–Trinajstić information content (AvgIpc) is 3.44. The molecule has 192 valence electrons. The summed E-state index contributed by atoms with van der Waals surface area (Å²) in [5.74, 6) is 0.692. The van der Waals surface area contributed by atoms with E-state index in [4.69, 9.17) is 14.2 Å². The molecule has 0 aliphatic heterocycles. The van der Waals surface area contributed by atoms with Gasteiger partial charge in [-0.3, -0.25) is 0 Å². The SMILES string of the molecule is COc1cc(C(O)C(Cc2cc3cc(C4CC4)cc(C(=O)O)n3n2)OC2CCCC2)cc(OC)c1C. The smallest absolute Gasteiger partial charge is 0.354 e. The van der Waals surface area contributed by atoms with E-state index in [1.165, 1.54) is 4.52 Å². The van der Waals surface area contributed by atoms with Crippen LogP contribution in [0.3, 0.4) is 0 Å². The first kappa shape index (κ1) is 24.6. The third kappa shape index (κ3) is 4.92. The number of benzene rings is 1. The summed E-state index contributed by atoms with van der Waals surface area (Å²) in [6.45, 7) is 1.91. The van der Waals surface area contributed by atoms with Crippen LogP contribution < -0.4 is 9.47 Å². The zero-order valence-corrected chi connectivity index (χ0v) is 21.1. The lowest BCUT2D eigenvalue weighted by molar-refractivity contribution is -0.0757. The number of fused-ring (bicyclic) bond motifs is 1. The molecule has 2 fully saturated rings. The second-order valence-corrected chi connectivity index (χ2v) is 10.0. The molecule has 3 aromatic rings. The van der Waals surface area contributed by atoms with E-state index in [-0.39, 0.29) is 11.8 Å². The predicted octanol–water partition coefficient (Wildman–Crippen LogP) is 4.84. The Hall–Kier alpha value is -3.10. The summed E-state index contributed by atoms with van der Waals surface area (Å²) in [7, 11) is 3.19. The molecule has 0 radical (unpaired) electrons. The number of hydrogen-bond acceptors (Lipinski definition) is 6. The van der Waals surface area contributed by atoms with Crippen LogP contribution in [0.5, 0.6) is 11.5 Å². The van der Waals surface area contributed by atoms with E-state index in [1.807, 2.05) is 31.2 Å².